The number of carboxylic acid groups (broad SMARTS) is 1. The molecule has 1 aromatic heterocycles. The third-order valence-electron chi connectivity index (χ3n) is 2.73. The summed E-state index contributed by atoms with van der Waals surface area (Å²) < 4.78 is 1.84. The Morgan fingerprint density at radius 1 is 1.30 bits per heavy atom. The van der Waals surface area contributed by atoms with Crippen LogP contribution < -0.4 is 10.6 Å². The van der Waals surface area contributed by atoms with Gasteiger partial charge in [0.15, 0.2) is 0 Å². The summed E-state index contributed by atoms with van der Waals surface area (Å²) in [6.07, 6.45) is 5.53. The molecule has 1 rings (SSSR count). The maximum absolute atomic E-state index is 11.8. The highest BCUT2D eigenvalue weighted by molar-refractivity contribution is 5.82. The van der Waals surface area contributed by atoms with E-state index in [1.807, 2.05) is 25.3 Å². The summed E-state index contributed by atoms with van der Waals surface area (Å²) in [4.78, 5) is 26.7. The lowest BCUT2D eigenvalue weighted by molar-refractivity contribution is -0.139. The zero-order valence-electron chi connectivity index (χ0n) is 12.0. The van der Waals surface area contributed by atoms with Crippen molar-refractivity contribution in [2.75, 3.05) is 0 Å². The van der Waals surface area contributed by atoms with Gasteiger partial charge in [0.25, 0.3) is 0 Å². The summed E-state index contributed by atoms with van der Waals surface area (Å²) in [6.45, 7) is 6.25. The summed E-state index contributed by atoms with van der Waals surface area (Å²) in [5, 5.41) is 14.3. The van der Waals surface area contributed by atoms with Crippen molar-refractivity contribution in [2.45, 2.75) is 45.8 Å². The van der Waals surface area contributed by atoms with Crippen molar-refractivity contribution >= 4 is 12.0 Å². The summed E-state index contributed by atoms with van der Waals surface area (Å²) in [7, 11) is 0. The molecule has 0 saturated carbocycles. The number of carbonyl (C=O) groups is 2. The molecule has 7 heteroatoms. The summed E-state index contributed by atoms with van der Waals surface area (Å²) in [5.74, 6) is -0.823. The van der Waals surface area contributed by atoms with Crippen LogP contribution in [0.3, 0.4) is 0 Å². The van der Waals surface area contributed by atoms with E-state index in [-0.39, 0.29) is 12.0 Å². The van der Waals surface area contributed by atoms with Gasteiger partial charge in [-0.1, -0.05) is 13.8 Å². The van der Waals surface area contributed by atoms with E-state index < -0.39 is 18.0 Å². The van der Waals surface area contributed by atoms with E-state index in [0.717, 1.165) is 0 Å². The van der Waals surface area contributed by atoms with Crippen molar-refractivity contribution in [1.29, 1.82) is 0 Å². The van der Waals surface area contributed by atoms with Crippen molar-refractivity contribution in [3.05, 3.63) is 18.7 Å². The summed E-state index contributed by atoms with van der Waals surface area (Å²) in [6, 6.07) is -1.46. The third kappa shape index (κ3) is 5.73. The predicted octanol–water partition coefficient (Wildman–Crippen LogP) is 1.07. The molecule has 20 heavy (non-hydrogen) atoms. The van der Waals surface area contributed by atoms with Crippen LogP contribution in [0.1, 0.15) is 27.2 Å². The van der Waals surface area contributed by atoms with Gasteiger partial charge < -0.3 is 20.3 Å². The second kappa shape index (κ2) is 7.52. The number of urea groups is 1. The molecule has 1 heterocycles. The Kier molecular flexibility index (Phi) is 6.02. The first-order valence-electron chi connectivity index (χ1n) is 6.64. The molecule has 2 atom stereocenters. The molecule has 0 aliphatic rings. The average Bonchev–Trinajstić information content (AvgIpc) is 2.79. The molecular weight excluding hydrogens is 260 g/mol. The van der Waals surface area contributed by atoms with Gasteiger partial charge in [-0.25, -0.2) is 14.6 Å². The summed E-state index contributed by atoms with van der Waals surface area (Å²) >= 11 is 0. The van der Waals surface area contributed by atoms with E-state index in [4.69, 9.17) is 5.11 Å². The molecule has 0 radical (unpaired) electrons. The largest absolute Gasteiger partial charge is 0.480 e. The Balaban J connectivity index is 2.42. The molecule has 7 nitrogen and oxygen atoms in total. The number of aliphatic carboxylic acids is 1. The third-order valence-corrected chi connectivity index (χ3v) is 2.73. The van der Waals surface area contributed by atoms with Gasteiger partial charge in [-0.05, 0) is 19.3 Å². The second-order valence-corrected chi connectivity index (χ2v) is 5.30. The highest BCUT2D eigenvalue weighted by atomic mass is 16.4. The zero-order valence-corrected chi connectivity index (χ0v) is 12.0. The van der Waals surface area contributed by atoms with Crippen molar-refractivity contribution < 1.29 is 14.7 Å². The number of hydrogen-bond acceptors (Lipinski definition) is 3. The zero-order chi connectivity index (χ0) is 15.1. The topological polar surface area (TPSA) is 96.3 Å². The quantitative estimate of drug-likeness (QED) is 0.697. The van der Waals surface area contributed by atoms with E-state index in [1.54, 1.807) is 18.7 Å². The molecule has 112 valence electrons. The number of rotatable bonds is 7. The van der Waals surface area contributed by atoms with E-state index >= 15 is 0 Å². The maximum Gasteiger partial charge on any atom is 0.326 e. The van der Waals surface area contributed by atoms with Gasteiger partial charge in [0.1, 0.15) is 6.04 Å². The SMILES string of the molecule is CC(C)C[C@@H](NC(=O)NC(C)Cn1ccnc1)C(=O)O. The van der Waals surface area contributed by atoms with E-state index in [9.17, 15) is 9.59 Å². The van der Waals surface area contributed by atoms with Gasteiger partial charge >= 0.3 is 12.0 Å². The molecular formula is C13H22N4O3. The number of imidazole rings is 1. The van der Waals surface area contributed by atoms with Gasteiger partial charge in [-0.2, -0.15) is 0 Å². The van der Waals surface area contributed by atoms with Gasteiger partial charge in [-0.3, -0.25) is 0 Å². The first kappa shape index (κ1) is 16.0. The Bertz CT molecular complexity index is 431. The second-order valence-electron chi connectivity index (χ2n) is 5.30. The minimum absolute atomic E-state index is 0.127. The van der Waals surface area contributed by atoms with Gasteiger partial charge in [-0.15, -0.1) is 0 Å². The number of aromatic nitrogens is 2. The van der Waals surface area contributed by atoms with Crippen molar-refractivity contribution in [3.8, 4) is 0 Å². The van der Waals surface area contributed by atoms with Crippen LogP contribution in [0.5, 0.6) is 0 Å². The fourth-order valence-electron chi connectivity index (χ4n) is 1.87. The summed E-state index contributed by atoms with van der Waals surface area (Å²) in [5.41, 5.74) is 0. The Morgan fingerprint density at radius 3 is 2.50 bits per heavy atom. The minimum atomic E-state index is -1.02. The van der Waals surface area contributed by atoms with Gasteiger partial charge in [0, 0.05) is 25.0 Å². The van der Waals surface area contributed by atoms with Crippen LogP contribution in [-0.2, 0) is 11.3 Å². The number of carboxylic acids is 1. The lowest BCUT2D eigenvalue weighted by Crippen LogP contribution is -2.49. The molecule has 1 aromatic rings. The average molecular weight is 282 g/mol. The number of nitrogens with one attached hydrogen (secondary N) is 2. The molecule has 0 aliphatic heterocycles. The minimum Gasteiger partial charge on any atom is -0.480 e. The number of carbonyl (C=O) groups excluding carboxylic acids is 1. The van der Waals surface area contributed by atoms with Gasteiger partial charge in [0.2, 0.25) is 0 Å². The smallest absolute Gasteiger partial charge is 0.326 e. The fourth-order valence-corrected chi connectivity index (χ4v) is 1.87. The number of hydrogen-bond donors (Lipinski definition) is 3. The van der Waals surface area contributed by atoms with E-state index in [2.05, 4.69) is 15.6 Å². The molecule has 0 aromatic carbocycles. The maximum atomic E-state index is 11.8. The molecule has 3 N–H and O–H groups in total. The van der Waals surface area contributed by atoms with E-state index in [1.165, 1.54) is 0 Å². The Morgan fingerprint density at radius 2 is 2.00 bits per heavy atom. The Hall–Kier alpha value is -2.05. The molecule has 0 aliphatic carbocycles. The van der Waals surface area contributed by atoms with Gasteiger partial charge in [0.05, 0.1) is 6.33 Å². The Labute approximate surface area is 118 Å². The molecule has 1 unspecified atom stereocenters. The molecule has 0 bridgehead atoms. The van der Waals surface area contributed by atoms with Crippen LogP contribution in [0.15, 0.2) is 18.7 Å². The monoisotopic (exact) mass is 282 g/mol. The standard InChI is InChI=1S/C13H22N4O3/c1-9(2)6-11(12(18)19)16-13(20)15-10(3)7-17-5-4-14-8-17/h4-5,8-11H,6-7H2,1-3H3,(H,18,19)(H2,15,16,20)/t10?,11-/m1/s1. The van der Waals surface area contributed by atoms with Crippen LogP contribution in [0.4, 0.5) is 4.79 Å². The van der Waals surface area contributed by atoms with Crippen molar-refractivity contribution in [2.24, 2.45) is 5.92 Å². The highest BCUT2D eigenvalue weighted by Gasteiger charge is 2.21. The van der Waals surface area contributed by atoms with Crippen LogP contribution >= 0.6 is 0 Å². The lowest BCUT2D eigenvalue weighted by Gasteiger charge is -2.19. The van der Waals surface area contributed by atoms with Crippen LogP contribution in [0.25, 0.3) is 0 Å². The molecule has 0 saturated heterocycles. The first-order chi connectivity index (χ1) is 9.38. The molecule has 0 fully saturated rings. The van der Waals surface area contributed by atoms with Crippen LogP contribution in [0.2, 0.25) is 0 Å². The predicted molar refractivity (Wildman–Crippen MR) is 74.2 cm³/mol. The van der Waals surface area contributed by atoms with Crippen LogP contribution in [0, 0.1) is 5.92 Å². The van der Waals surface area contributed by atoms with E-state index in [0.29, 0.717) is 13.0 Å². The van der Waals surface area contributed by atoms with Crippen molar-refractivity contribution in [3.63, 3.8) is 0 Å². The highest BCUT2D eigenvalue weighted by Crippen LogP contribution is 2.04. The molecule has 0 spiro atoms. The lowest BCUT2D eigenvalue weighted by atomic mass is 10.0. The normalized spacial score (nSPS) is 13.8. The fraction of sp³-hybridized carbons (Fsp3) is 0.615. The number of amides is 2. The van der Waals surface area contributed by atoms with Crippen molar-refractivity contribution in [1.82, 2.24) is 20.2 Å². The van der Waals surface area contributed by atoms with Crippen LogP contribution in [-0.4, -0.2) is 38.7 Å². The number of nitrogens with zero attached hydrogens (tertiary/aromatic N) is 2. The first-order valence-corrected chi connectivity index (χ1v) is 6.64. The molecule has 2 amide bonds.